The number of benzene rings is 2. The Morgan fingerprint density at radius 2 is 1.86 bits per heavy atom. The molecule has 3 aromatic rings. The molecular weight excluding hydrogens is 549 g/mol. The van der Waals surface area contributed by atoms with Crippen molar-refractivity contribution < 1.29 is 27.5 Å². The van der Waals surface area contributed by atoms with E-state index in [0.29, 0.717) is 18.7 Å². The molecule has 4 heterocycles. The second kappa shape index (κ2) is 10.9. The minimum absolute atomic E-state index is 0.0168. The number of rotatable bonds is 6. The molecule has 11 heteroatoms. The van der Waals surface area contributed by atoms with Gasteiger partial charge >= 0.3 is 0 Å². The summed E-state index contributed by atoms with van der Waals surface area (Å²) in [6.45, 7) is 2.58. The zero-order valence-corrected chi connectivity index (χ0v) is 23.1. The van der Waals surface area contributed by atoms with Gasteiger partial charge in [-0.05, 0) is 44.7 Å². The third-order valence-corrected chi connectivity index (χ3v) is 8.82. The van der Waals surface area contributed by atoms with Gasteiger partial charge in [-0.25, -0.2) is 13.2 Å². The van der Waals surface area contributed by atoms with Crippen LogP contribution in [0.25, 0.3) is 0 Å². The molecule has 2 bridgehead atoms. The average molecular weight is 581 g/mol. The first-order valence-electron chi connectivity index (χ1n) is 14.1. The zero-order chi connectivity index (χ0) is 29.6. The Morgan fingerprint density at radius 1 is 1.12 bits per heavy atom. The van der Waals surface area contributed by atoms with E-state index in [1.165, 1.54) is 6.20 Å². The van der Waals surface area contributed by atoms with Crippen LogP contribution in [0, 0.1) is 17.5 Å². The fourth-order valence-corrected chi connectivity index (χ4v) is 6.52. The van der Waals surface area contributed by atoms with Gasteiger partial charge in [-0.15, -0.1) is 0 Å². The SMILES string of the molecule is C[C@H]1CC[C@]2(CCCN2)[C@H]2CN1C(=O)c1c(OCc3ccccc3)c(=O)c(C(=O)NCc3c(F)cc(F)cc3F)cn12. The Kier molecular flexibility index (Phi) is 7.30. The maximum Gasteiger partial charge on any atom is 0.274 e. The highest BCUT2D eigenvalue weighted by molar-refractivity contribution is 5.99. The van der Waals surface area contributed by atoms with Crippen LogP contribution in [0.1, 0.15) is 70.6 Å². The lowest BCUT2D eigenvalue weighted by Crippen LogP contribution is -2.55. The molecule has 3 aliphatic heterocycles. The Morgan fingerprint density at radius 3 is 2.55 bits per heavy atom. The summed E-state index contributed by atoms with van der Waals surface area (Å²) >= 11 is 0. The van der Waals surface area contributed by atoms with Crippen molar-refractivity contribution >= 4 is 11.8 Å². The molecule has 3 aliphatic rings. The van der Waals surface area contributed by atoms with Crippen LogP contribution >= 0.6 is 0 Å². The summed E-state index contributed by atoms with van der Waals surface area (Å²) in [6.07, 6.45) is 4.77. The molecule has 0 radical (unpaired) electrons. The number of hydrogen-bond acceptors (Lipinski definition) is 5. The Hall–Kier alpha value is -4.12. The Labute approximate surface area is 240 Å². The molecule has 1 aromatic heterocycles. The van der Waals surface area contributed by atoms with E-state index in [2.05, 4.69) is 10.6 Å². The van der Waals surface area contributed by atoms with Crippen LogP contribution in [0.15, 0.2) is 53.5 Å². The van der Waals surface area contributed by atoms with Gasteiger partial charge in [0.05, 0.1) is 6.04 Å². The molecule has 0 saturated carbocycles. The van der Waals surface area contributed by atoms with Crippen LogP contribution in [0.4, 0.5) is 13.2 Å². The number of pyridine rings is 1. The molecular formula is C31H31F3N4O4. The topological polar surface area (TPSA) is 92.7 Å². The maximum absolute atomic E-state index is 14.3. The standard InChI is InChI=1S/C31H31F3N4O4/c1-18-8-10-31(9-5-11-36-31)25-16-37(18)30(41)26-28(42-17-19-6-3-2-4-7-19)27(39)22(15-38(25)26)29(40)35-14-21-23(33)12-20(32)13-24(21)34/h2-4,6-7,12-13,15,18,25,36H,5,8-11,14,16-17H2,1H3,(H,35,40)/t18-,25+,31+/m0/s1. The van der Waals surface area contributed by atoms with E-state index in [-0.39, 0.29) is 47.1 Å². The van der Waals surface area contributed by atoms with Gasteiger partial charge < -0.3 is 24.8 Å². The fourth-order valence-electron chi connectivity index (χ4n) is 6.52. The minimum atomic E-state index is -1.16. The normalized spacial score (nSPS) is 23.0. The molecule has 3 atom stereocenters. The quantitative estimate of drug-likeness (QED) is 0.459. The molecule has 1 spiro atoms. The highest BCUT2D eigenvalue weighted by atomic mass is 19.1. The molecule has 2 N–H and O–H groups in total. The number of ether oxygens (including phenoxy) is 1. The van der Waals surface area contributed by atoms with Crippen molar-refractivity contribution in [2.45, 2.75) is 63.4 Å². The summed E-state index contributed by atoms with van der Waals surface area (Å²) in [5.41, 5.74) is -1.17. The summed E-state index contributed by atoms with van der Waals surface area (Å²) < 4.78 is 49.6. The predicted molar refractivity (Wildman–Crippen MR) is 148 cm³/mol. The second-order valence-electron chi connectivity index (χ2n) is 11.3. The number of carbonyl (C=O) groups excluding carboxylic acids is 2. The van der Waals surface area contributed by atoms with E-state index in [1.54, 1.807) is 9.47 Å². The smallest absolute Gasteiger partial charge is 0.274 e. The Bertz CT molecular complexity index is 1580. The molecule has 2 amide bonds. The van der Waals surface area contributed by atoms with Gasteiger partial charge in [-0.1, -0.05) is 30.3 Å². The van der Waals surface area contributed by atoms with Crippen molar-refractivity contribution in [2.24, 2.45) is 0 Å². The molecule has 2 saturated heterocycles. The number of hydrogen-bond donors (Lipinski definition) is 2. The molecule has 0 aliphatic carbocycles. The van der Waals surface area contributed by atoms with Crippen molar-refractivity contribution in [3.05, 3.63) is 98.7 Å². The van der Waals surface area contributed by atoms with Crippen molar-refractivity contribution in [1.29, 1.82) is 0 Å². The summed E-state index contributed by atoms with van der Waals surface area (Å²) in [5.74, 6) is -4.89. The number of amides is 2. The van der Waals surface area contributed by atoms with Gasteiger partial charge in [0, 0.05) is 48.6 Å². The largest absolute Gasteiger partial charge is 0.483 e. The van der Waals surface area contributed by atoms with Crippen molar-refractivity contribution in [3.8, 4) is 5.75 Å². The molecule has 0 unspecified atom stereocenters. The van der Waals surface area contributed by atoms with E-state index in [4.69, 9.17) is 4.74 Å². The molecule has 42 heavy (non-hydrogen) atoms. The van der Waals surface area contributed by atoms with E-state index < -0.39 is 40.9 Å². The van der Waals surface area contributed by atoms with Crippen LogP contribution in [-0.4, -0.2) is 46.0 Å². The second-order valence-corrected chi connectivity index (χ2v) is 11.3. The lowest BCUT2D eigenvalue weighted by Gasteiger charge is -2.44. The number of halogens is 3. The third kappa shape index (κ3) is 4.85. The van der Waals surface area contributed by atoms with Crippen LogP contribution in [0.2, 0.25) is 0 Å². The Balaban J connectivity index is 1.44. The van der Waals surface area contributed by atoms with Gasteiger partial charge in [0.2, 0.25) is 5.43 Å². The van der Waals surface area contributed by atoms with Crippen LogP contribution in [0.5, 0.6) is 5.75 Å². The predicted octanol–water partition coefficient (Wildman–Crippen LogP) is 4.08. The number of nitrogens with one attached hydrogen (secondary N) is 2. The van der Waals surface area contributed by atoms with Crippen LogP contribution in [-0.2, 0) is 13.2 Å². The maximum atomic E-state index is 14.3. The zero-order valence-electron chi connectivity index (χ0n) is 23.1. The lowest BCUT2D eigenvalue weighted by molar-refractivity contribution is 0.0566. The first-order valence-corrected chi connectivity index (χ1v) is 14.1. The number of fused-ring (bicyclic) bond motifs is 5. The molecule has 2 fully saturated rings. The number of aromatic nitrogens is 1. The van der Waals surface area contributed by atoms with E-state index in [1.807, 2.05) is 37.3 Å². The lowest BCUT2D eigenvalue weighted by atomic mass is 9.83. The summed E-state index contributed by atoms with van der Waals surface area (Å²) in [7, 11) is 0. The third-order valence-electron chi connectivity index (χ3n) is 8.82. The minimum Gasteiger partial charge on any atom is -0.483 e. The van der Waals surface area contributed by atoms with Crippen LogP contribution < -0.4 is 20.8 Å². The highest BCUT2D eigenvalue weighted by Gasteiger charge is 2.50. The van der Waals surface area contributed by atoms with Gasteiger partial charge in [0.15, 0.2) is 11.4 Å². The average Bonchev–Trinajstić information content (AvgIpc) is 3.40. The van der Waals surface area contributed by atoms with Crippen molar-refractivity contribution in [1.82, 2.24) is 20.1 Å². The van der Waals surface area contributed by atoms with E-state index >= 15 is 0 Å². The molecule has 2 aromatic carbocycles. The van der Waals surface area contributed by atoms with Gasteiger partial charge in [0.25, 0.3) is 11.8 Å². The summed E-state index contributed by atoms with van der Waals surface area (Å²) in [5, 5.41) is 6.05. The summed E-state index contributed by atoms with van der Waals surface area (Å²) in [4.78, 5) is 43.0. The molecule has 8 nitrogen and oxygen atoms in total. The highest BCUT2D eigenvalue weighted by Crippen LogP contribution is 2.44. The van der Waals surface area contributed by atoms with Crippen LogP contribution in [0.3, 0.4) is 0 Å². The van der Waals surface area contributed by atoms with E-state index in [9.17, 15) is 27.6 Å². The van der Waals surface area contributed by atoms with Gasteiger partial charge in [-0.3, -0.25) is 14.4 Å². The molecule has 6 rings (SSSR count). The first-order chi connectivity index (χ1) is 20.2. The van der Waals surface area contributed by atoms with Crippen molar-refractivity contribution in [3.63, 3.8) is 0 Å². The van der Waals surface area contributed by atoms with Crippen molar-refractivity contribution in [2.75, 3.05) is 13.1 Å². The summed E-state index contributed by atoms with van der Waals surface area (Å²) in [6, 6.07) is 9.82. The van der Waals surface area contributed by atoms with E-state index in [0.717, 1.165) is 37.8 Å². The first kappa shape index (κ1) is 28.0. The number of nitrogens with zero attached hydrogens (tertiary/aromatic N) is 2. The number of carbonyl (C=O) groups is 2. The van der Waals surface area contributed by atoms with Gasteiger partial charge in [-0.2, -0.15) is 0 Å². The van der Waals surface area contributed by atoms with Gasteiger partial charge in [0.1, 0.15) is 29.6 Å². The molecule has 220 valence electrons. The fraction of sp³-hybridized carbons (Fsp3) is 0.387. The monoisotopic (exact) mass is 580 g/mol.